The second-order valence-corrected chi connectivity index (χ2v) is 4.42. The molecule has 0 saturated carbocycles. The molecule has 0 aliphatic rings. The van der Waals surface area contributed by atoms with Crippen LogP contribution in [0, 0.1) is 0 Å². The third-order valence-electron chi connectivity index (χ3n) is 1.97. The van der Waals surface area contributed by atoms with E-state index in [0.717, 1.165) is 5.56 Å². The standard InChI is InChI=1S/C11H12ClN3O2S/c12-8-3-1-2-7(4-8)5-14-10(16)11(17)15-6-9(13)18/h1-4H,5-6H2,(H2,13,18)(H,14,16)(H,15,17). The number of thiocarbonyl (C=S) groups is 1. The Bertz CT molecular complexity index is 479. The van der Waals surface area contributed by atoms with Crippen LogP contribution in [0.1, 0.15) is 5.56 Å². The molecule has 0 radical (unpaired) electrons. The van der Waals surface area contributed by atoms with Crippen molar-refractivity contribution in [2.24, 2.45) is 5.73 Å². The Morgan fingerprint density at radius 3 is 2.56 bits per heavy atom. The Kier molecular flexibility index (Phi) is 5.54. The summed E-state index contributed by atoms with van der Waals surface area (Å²) >= 11 is 10.4. The molecule has 0 aliphatic heterocycles. The predicted molar refractivity (Wildman–Crippen MR) is 73.1 cm³/mol. The molecule has 0 bridgehead atoms. The third-order valence-corrected chi connectivity index (χ3v) is 2.35. The van der Waals surface area contributed by atoms with Gasteiger partial charge >= 0.3 is 11.8 Å². The van der Waals surface area contributed by atoms with Crippen LogP contribution in [0.2, 0.25) is 5.02 Å². The Morgan fingerprint density at radius 2 is 1.94 bits per heavy atom. The maximum absolute atomic E-state index is 11.4. The van der Waals surface area contributed by atoms with Gasteiger partial charge in [-0.25, -0.2) is 0 Å². The van der Waals surface area contributed by atoms with Crippen molar-refractivity contribution in [1.82, 2.24) is 10.6 Å². The van der Waals surface area contributed by atoms with Crippen LogP contribution in [-0.2, 0) is 16.1 Å². The van der Waals surface area contributed by atoms with Gasteiger partial charge in [-0.05, 0) is 17.7 Å². The highest BCUT2D eigenvalue weighted by Crippen LogP contribution is 2.09. The molecule has 2 amide bonds. The molecule has 7 heteroatoms. The maximum atomic E-state index is 11.4. The number of hydrogen-bond acceptors (Lipinski definition) is 3. The van der Waals surface area contributed by atoms with E-state index in [1.54, 1.807) is 24.3 Å². The van der Waals surface area contributed by atoms with Crippen molar-refractivity contribution >= 4 is 40.6 Å². The average Bonchev–Trinajstić information content (AvgIpc) is 2.33. The molecule has 4 N–H and O–H groups in total. The minimum atomic E-state index is -0.773. The highest BCUT2D eigenvalue weighted by molar-refractivity contribution is 7.80. The summed E-state index contributed by atoms with van der Waals surface area (Å²) in [5.41, 5.74) is 6.00. The van der Waals surface area contributed by atoms with Crippen molar-refractivity contribution in [2.75, 3.05) is 6.54 Å². The highest BCUT2D eigenvalue weighted by Gasteiger charge is 2.12. The minimum Gasteiger partial charge on any atom is -0.392 e. The number of nitrogens with two attached hydrogens (primary N) is 1. The van der Waals surface area contributed by atoms with Crippen molar-refractivity contribution in [3.05, 3.63) is 34.9 Å². The number of amides is 2. The first kappa shape index (κ1) is 14.4. The number of halogens is 1. The van der Waals surface area contributed by atoms with E-state index in [2.05, 4.69) is 22.9 Å². The molecule has 0 atom stereocenters. The maximum Gasteiger partial charge on any atom is 0.309 e. The molecule has 5 nitrogen and oxygen atoms in total. The Morgan fingerprint density at radius 1 is 1.28 bits per heavy atom. The monoisotopic (exact) mass is 285 g/mol. The van der Waals surface area contributed by atoms with Crippen molar-refractivity contribution in [3.8, 4) is 0 Å². The van der Waals surface area contributed by atoms with Crippen LogP contribution in [0.15, 0.2) is 24.3 Å². The second-order valence-electron chi connectivity index (χ2n) is 3.46. The summed E-state index contributed by atoms with van der Waals surface area (Å²) < 4.78 is 0. The molecular formula is C11H12ClN3O2S. The zero-order valence-electron chi connectivity index (χ0n) is 9.40. The molecule has 0 fully saturated rings. The first-order valence-corrected chi connectivity index (χ1v) is 5.86. The first-order chi connectivity index (χ1) is 8.49. The Hall–Kier alpha value is -1.66. The summed E-state index contributed by atoms with van der Waals surface area (Å²) in [6.45, 7) is 0.221. The van der Waals surface area contributed by atoms with Gasteiger partial charge in [-0.1, -0.05) is 36.0 Å². The summed E-state index contributed by atoms with van der Waals surface area (Å²) in [5.74, 6) is -1.52. The van der Waals surface area contributed by atoms with Crippen molar-refractivity contribution in [1.29, 1.82) is 0 Å². The minimum absolute atomic E-state index is 0.00124. The topological polar surface area (TPSA) is 84.2 Å². The normalized spacial score (nSPS) is 9.61. The number of hydrogen-bond donors (Lipinski definition) is 3. The lowest BCUT2D eigenvalue weighted by atomic mass is 10.2. The molecule has 0 aromatic heterocycles. The third kappa shape index (κ3) is 5.11. The molecular weight excluding hydrogens is 274 g/mol. The van der Waals surface area contributed by atoms with Crippen LogP contribution < -0.4 is 16.4 Å². The van der Waals surface area contributed by atoms with Gasteiger partial charge in [0.05, 0.1) is 11.5 Å². The zero-order chi connectivity index (χ0) is 13.5. The Labute approximate surface area is 115 Å². The quantitative estimate of drug-likeness (QED) is 0.551. The Balaban J connectivity index is 2.41. The van der Waals surface area contributed by atoms with Gasteiger partial charge in [0.25, 0.3) is 0 Å². The van der Waals surface area contributed by atoms with Crippen molar-refractivity contribution < 1.29 is 9.59 Å². The second kappa shape index (κ2) is 6.93. The molecule has 96 valence electrons. The smallest absolute Gasteiger partial charge is 0.309 e. The van der Waals surface area contributed by atoms with Gasteiger partial charge in [-0.2, -0.15) is 0 Å². The molecule has 0 aliphatic carbocycles. The van der Waals surface area contributed by atoms with Gasteiger partial charge in [-0.3, -0.25) is 9.59 Å². The lowest BCUT2D eigenvalue weighted by Crippen LogP contribution is -2.42. The zero-order valence-corrected chi connectivity index (χ0v) is 11.0. The fourth-order valence-corrected chi connectivity index (χ4v) is 1.44. The average molecular weight is 286 g/mol. The predicted octanol–water partition coefficient (Wildman–Crippen LogP) is 0.359. The highest BCUT2D eigenvalue weighted by atomic mass is 35.5. The van der Waals surface area contributed by atoms with Crippen molar-refractivity contribution in [2.45, 2.75) is 6.54 Å². The molecule has 0 spiro atoms. The molecule has 0 heterocycles. The summed E-state index contributed by atoms with van der Waals surface area (Å²) in [6, 6.07) is 6.98. The van der Waals surface area contributed by atoms with Gasteiger partial charge in [0.1, 0.15) is 0 Å². The number of nitrogens with one attached hydrogen (secondary N) is 2. The van der Waals surface area contributed by atoms with E-state index in [1.165, 1.54) is 0 Å². The van der Waals surface area contributed by atoms with Gasteiger partial charge in [0.15, 0.2) is 0 Å². The summed E-state index contributed by atoms with van der Waals surface area (Å²) in [7, 11) is 0. The number of carbonyl (C=O) groups is 2. The van der Waals surface area contributed by atoms with E-state index in [9.17, 15) is 9.59 Å². The van der Waals surface area contributed by atoms with Gasteiger partial charge in [0.2, 0.25) is 0 Å². The number of benzene rings is 1. The van der Waals surface area contributed by atoms with Crippen LogP contribution >= 0.6 is 23.8 Å². The molecule has 18 heavy (non-hydrogen) atoms. The van der Waals surface area contributed by atoms with Crippen LogP contribution in [-0.4, -0.2) is 23.3 Å². The first-order valence-electron chi connectivity index (χ1n) is 5.08. The fraction of sp³-hybridized carbons (Fsp3) is 0.182. The largest absolute Gasteiger partial charge is 0.392 e. The summed E-state index contributed by atoms with van der Waals surface area (Å²) in [5, 5.41) is 5.31. The molecule has 1 aromatic rings. The van der Waals surface area contributed by atoms with E-state index < -0.39 is 11.8 Å². The molecule has 1 rings (SSSR count). The van der Waals surface area contributed by atoms with Crippen LogP contribution in [0.4, 0.5) is 0 Å². The van der Waals surface area contributed by atoms with Gasteiger partial charge < -0.3 is 16.4 Å². The lowest BCUT2D eigenvalue weighted by molar-refractivity contribution is -0.139. The summed E-state index contributed by atoms with van der Waals surface area (Å²) in [4.78, 5) is 22.8. The van der Waals surface area contributed by atoms with E-state index in [-0.39, 0.29) is 18.1 Å². The van der Waals surface area contributed by atoms with Gasteiger partial charge in [0, 0.05) is 11.6 Å². The van der Waals surface area contributed by atoms with E-state index in [1.807, 2.05) is 0 Å². The summed E-state index contributed by atoms with van der Waals surface area (Å²) in [6.07, 6.45) is 0. The SMILES string of the molecule is NC(=S)CNC(=O)C(=O)NCc1cccc(Cl)c1. The van der Waals surface area contributed by atoms with E-state index in [0.29, 0.717) is 5.02 Å². The van der Waals surface area contributed by atoms with E-state index >= 15 is 0 Å². The van der Waals surface area contributed by atoms with Crippen LogP contribution in [0.5, 0.6) is 0 Å². The lowest BCUT2D eigenvalue weighted by Gasteiger charge is -2.06. The van der Waals surface area contributed by atoms with Crippen molar-refractivity contribution in [3.63, 3.8) is 0 Å². The van der Waals surface area contributed by atoms with Crippen LogP contribution in [0.3, 0.4) is 0 Å². The van der Waals surface area contributed by atoms with Gasteiger partial charge in [-0.15, -0.1) is 0 Å². The number of rotatable bonds is 4. The molecule has 0 saturated heterocycles. The number of carbonyl (C=O) groups excluding carboxylic acids is 2. The fourth-order valence-electron chi connectivity index (χ4n) is 1.16. The molecule has 0 unspecified atom stereocenters. The van der Waals surface area contributed by atoms with E-state index in [4.69, 9.17) is 17.3 Å². The van der Waals surface area contributed by atoms with Crippen LogP contribution in [0.25, 0.3) is 0 Å². The molecule has 1 aromatic carbocycles.